The molecule has 0 aromatic heterocycles. The van der Waals surface area contributed by atoms with Gasteiger partial charge in [-0.1, -0.05) is 13.0 Å². The summed E-state index contributed by atoms with van der Waals surface area (Å²) in [5.74, 6) is 0. The first-order valence-corrected chi connectivity index (χ1v) is 5.83. The summed E-state index contributed by atoms with van der Waals surface area (Å²) < 4.78 is 0. The Kier molecular flexibility index (Phi) is 5.20. The van der Waals surface area contributed by atoms with Gasteiger partial charge in [-0.3, -0.25) is 0 Å². The monoisotopic (exact) mass is 197 g/mol. The lowest BCUT2D eigenvalue weighted by Gasteiger charge is -2.23. The van der Waals surface area contributed by atoms with Crippen LogP contribution in [0.25, 0.3) is 0 Å². The van der Waals surface area contributed by atoms with Crippen LogP contribution in [0.5, 0.6) is 0 Å². The second kappa shape index (κ2) is 6.20. The van der Waals surface area contributed by atoms with Crippen LogP contribution in [0.3, 0.4) is 0 Å². The fraction of sp³-hybridized carbons (Fsp3) is 0.833. The average Bonchev–Trinajstić information content (AvgIpc) is 2.59. The van der Waals surface area contributed by atoms with Crippen LogP contribution in [0.15, 0.2) is 12.7 Å². The molecule has 0 spiro atoms. The Morgan fingerprint density at radius 2 is 2.36 bits per heavy atom. The van der Waals surface area contributed by atoms with Crippen molar-refractivity contribution < 1.29 is 5.11 Å². The van der Waals surface area contributed by atoms with E-state index in [0.29, 0.717) is 12.1 Å². The summed E-state index contributed by atoms with van der Waals surface area (Å²) in [5.41, 5.74) is 0. The first kappa shape index (κ1) is 11.7. The number of nitrogens with one attached hydrogen (secondary N) is 1. The van der Waals surface area contributed by atoms with Gasteiger partial charge in [0.2, 0.25) is 0 Å². The summed E-state index contributed by atoms with van der Waals surface area (Å²) in [5, 5.41) is 13.2. The zero-order valence-corrected chi connectivity index (χ0v) is 9.21. The van der Waals surface area contributed by atoms with Crippen molar-refractivity contribution in [2.24, 2.45) is 0 Å². The highest BCUT2D eigenvalue weighted by Crippen LogP contribution is 2.20. The molecule has 2 heteroatoms. The van der Waals surface area contributed by atoms with Crippen molar-refractivity contribution in [1.29, 1.82) is 0 Å². The van der Waals surface area contributed by atoms with Crippen molar-refractivity contribution in [2.75, 3.05) is 0 Å². The second-order valence-corrected chi connectivity index (χ2v) is 4.24. The van der Waals surface area contributed by atoms with Gasteiger partial charge >= 0.3 is 0 Å². The molecule has 0 heterocycles. The number of hydrogen-bond acceptors (Lipinski definition) is 2. The molecule has 0 radical (unpaired) electrons. The van der Waals surface area contributed by atoms with E-state index in [4.69, 9.17) is 0 Å². The van der Waals surface area contributed by atoms with Gasteiger partial charge in [-0.05, 0) is 38.5 Å². The van der Waals surface area contributed by atoms with E-state index >= 15 is 0 Å². The van der Waals surface area contributed by atoms with E-state index in [9.17, 15) is 5.11 Å². The summed E-state index contributed by atoms with van der Waals surface area (Å²) in [4.78, 5) is 0. The summed E-state index contributed by atoms with van der Waals surface area (Å²) >= 11 is 0. The highest BCUT2D eigenvalue weighted by atomic mass is 16.3. The third-order valence-electron chi connectivity index (χ3n) is 3.14. The van der Waals surface area contributed by atoms with Crippen LogP contribution in [0, 0.1) is 0 Å². The van der Waals surface area contributed by atoms with Crippen LogP contribution in [0.1, 0.15) is 45.4 Å². The third-order valence-corrected chi connectivity index (χ3v) is 3.14. The smallest absolute Gasteiger partial charge is 0.0693 e. The number of allylic oxidation sites excluding steroid dienone is 1. The van der Waals surface area contributed by atoms with E-state index in [1.54, 1.807) is 0 Å². The fourth-order valence-corrected chi connectivity index (χ4v) is 2.16. The Hall–Kier alpha value is -0.340. The quantitative estimate of drug-likeness (QED) is 0.640. The molecular formula is C12H23NO. The van der Waals surface area contributed by atoms with E-state index in [2.05, 4.69) is 18.8 Å². The Labute approximate surface area is 87.4 Å². The summed E-state index contributed by atoms with van der Waals surface area (Å²) in [6.45, 7) is 5.93. The molecule has 0 aromatic carbocycles. The molecule has 1 fully saturated rings. The predicted molar refractivity (Wildman–Crippen MR) is 60.3 cm³/mol. The molecule has 0 aromatic rings. The van der Waals surface area contributed by atoms with Gasteiger partial charge in [0.15, 0.2) is 0 Å². The molecule has 1 aliphatic carbocycles. The summed E-state index contributed by atoms with van der Waals surface area (Å²) in [7, 11) is 0. The van der Waals surface area contributed by atoms with E-state index < -0.39 is 0 Å². The van der Waals surface area contributed by atoms with Crippen molar-refractivity contribution in [2.45, 2.75) is 63.6 Å². The van der Waals surface area contributed by atoms with Crippen molar-refractivity contribution in [3.05, 3.63) is 12.7 Å². The molecule has 2 nitrogen and oxygen atoms in total. The Morgan fingerprint density at radius 3 is 2.86 bits per heavy atom. The van der Waals surface area contributed by atoms with Crippen molar-refractivity contribution >= 4 is 0 Å². The molecule has 0 bridgehead atoms. The molecule has 3 atom stereocenters. The lowest BCUT2D eigenvalue weighted by molar-refractivity contribution is 0.141. The number of aliphatic hydroxyl groups excluding tert-OH is 1. The lowest BCUT2D eigenvalue weighted by Crippen LogP contribution is -2.42. The first-order valence-electron chi connectivity index (χ1n) is 5.83. The maximum absolute atomic E-state index is 9.68. The van der Waals surface area contributed by atoms with Crippen LogP contribution in [0.4, 0.5) is 0 Å². The highest BCUT2D eigenvalue weighted by Gasteiger charge is 2.26. The van der Waals surface area contributed by atoms with Crippen LogP contribution in [0.2, 0.25) is 0 Å². The molecule has 1 aliphatic rings. The minimum Gasteiger partial charge on any atom is -0.392 e. The molecule has 2 N–H and O–H groups in total. The largest absolute Gasteiger partial charge is 0.392 e. The van der Waals surface area contributed by atoms with Gasteiger partial charge in [-0.2, -0.15) is 0 Å². The number of aliphatic hydroxyl groups is 1. The maximum atomic E-state index is 9.68. The van der Waals surface area contributed by atoms with Gasteiger partial charge in [0, 0.05) is 12.1 Å². The maximum Gasteiger partial charge on any atom is 0.0693 e. The minimum absolute atomic E-state index is 0.118. The van der Waals surface area contributed by atoms with Gasteiger partial charge in [-0.15, -0.1) is 6.58 Å². The standard InChI is InChI=1S/C12H23NO/c1-3-5-7-10(4-2)13-11-8-6-9-12(11)14/h3,10-14H,1,4-9H2,2H3. The normalized spacial score (nSPS) is 29.0. The SMILES string of the molecule is C=CCCC(CC)NC1CCCC1O. The molecule has 1 saturated carbocycles. The summed E-state index contributed by atoms with van der Waals surface area (Å²) in [6, 6.07) is 0.885. The molecule has 14 heavy (non-hydrogen) atoms. The van der Waals surface area contributed by atoms with Crippen molar-refractivity contribution in [3.8, 4) is 0 Å². The van der Waals surface area contributed by atoms with Crippen LogP contribution >= 0.6 is 0 Å². The topological polar surface area (TPSA) is 32.3 Å². The zero-order chi connectivity index (χ0) is 10.4. The van der Waals surface area contributed by atoms with Crippen LogP contribution in [-0.2, 0) is 0 Å². The molecular weight excluding hydrogens is 174 g/mol. The van der Waals surface area contributed by atoms with E-state index in [-0.39, 0.29) is 6.10 Å². The molecule has 0 amide bonds. The van der Waals surface area contributed by atoms with Gasteiger partial charge in [0.05, 0.1) is 6.10 Å². The molecule has 82 valence electrons. The van der Waals surface area contributed by atoms with Crippen LogP contribution in [-0.4, -0.2) is 23.3 Å². The predicted octanol–water partition coefficient (Wildman–Crippen LogP) is 2.23. The van der Waals surface area contributed by atoms with Crippen molar-refractivity contribution in [1.82, 2.24) is 5.32 Å². The number of hydrogen-bond donors (Lipinski definition) is 2. The molecule has 0 saturated heterocycles. The van der Waals surface area contributed by atoms with Crippen molar-refractivity contribution in [3.63, 3.8) is 0 Å². The second-order valence-electron chi connectivity index (χ2n) is 4.24. The van der Waals surface area contributed by atoms with E-state index in [1.807, 2.05) is 6.08 Å². The molecule has 3 unspecified atom stereocenters. The van der Waals surface area contributed by atoms with Gasteiger partial charge in [0.1, 0.15) is 0 Å². The van der Waals surface area contributed by atoms with E-state index in [1.165, 1.54) is 0 Å². The fourth-order valence-electron chi connectivity index (χ4n) is 2.16. The van der Waals surface area contributed by atoms with Gasteiger partial charge in [0.25, 0.3) is 0 Å². The first-order chi connectivity index (χ1) is 6.77. The Balaban J connectivity index is 2.27. The third kappa shape index (κ3) is 3.43. The molecule has 1 rings (SSSR count). The molecule has 0 aliphatic heterocycles. The van der Waals surface area contributed by atoms with Gasteiger partial charge in [-0.25, -0.2) is 0 Å². The number of rotatable bonds is 6. The Bertz CT molecular complexity index is 170. The summed E-state index contributed by atoms with van der Waals surface area (Å²) in [6.07, 6.45) is 8.45. The van der Waals surface area contributed by atoms with Gasteiger partial charge < -0.3 is 10.4 Å². The van der Waals surface area contributed by atoms with E-state index in [0.717, 1.165) is 38.5 Å². The average molecular weight is 197 g/mol. The zero-order valence-electron chi connectivity index (χ0n) is 9.21. The minimum atomic E-state index is -0.118. The highest BCUT2D eigenvalue weighted by molar-refractivity contribution is 4.85. The Morgan fingerprint density at radius 1 is 1.57 bits per heavy atom. The van der Waals surface area contributed by atoms with Crippen LogP contribution < -0.4 is 5.32 Å². The lowest BCUT2D eigenvalue weighted by atomic mass is 10.1.